The molecule has 0 spiro atoms. The first-order valence-corrected chi connectivity index (χ1v) is 11.3. The fourth-order valence-electron chi connectivity index (χ4n) is 3.44. The fourth-order valence-corrected chi connectivity index (χ4v) is 4.92. The largest absolute Gasteiger partial charge is 0.493 e. The standard InChI is InChI=1S/C20H30N2O7S/c1-5-13(2)18(20(24)25)21-19(23)14-8-10-22(11-9-14)30(26,27)15-6-7-16(28-3)17(12-15)29-4/h6-7,12-14,18H,5,8-11H2,1-4H3,(H,21,23)(H,24,25)/t13-,18+/m1/s1. The fraction of sp³-hybridized carbons (Fsp3) is 0.600. The lowest BCUT2D eigenvalue weighted by molar-refractivity contribution is -0.144. The lowest BCUT2D eigenvalue weighted by Gasteiger charge is -2.31. The molecule has 1 fully saturated rings. The van der Waals surface area contributed by atoms with Crippen molar-refractivity contribution < 1.29 is 32.6 Å². The van der Waals surface area contributed by atoms with E-state index in [9.17, 15) is 23.1 Å². The minimum atomic E-state index is -3.75. The predicted molar refractivity (Wildman–Crippen MR) is 110 cm³/mol. The van der Waals surface area contributed by atoms with Gasteiger partial charge in [-0.3, -0.25) is 4.79 Å². The van der Waals surface area contributed by atoms with E-state index in [1.54, 1.807) is 6.92 Å². The number of carboxylic acid groups (broad SMARTS) is 1. The Balaban J connectivity index is 2.05. The van der Waals surface area contributed by atoms with Crippen LogP contribution in [0.4, 0.5) is 0 Å². The maximum absolute atomic E-state index is 13.0. The van der Waals surface area contributed by atoms with Gasteiger partial charge in [0.05, 0.1) is 19.1 Å². The highest BCUT2D eigenvalue weighted by Crippen LogP contribution is 2.32. The van der Waals surface area contributed by atoms with Gasteiger partial charge in [0.1, 0.15) is 6.04 Å². The Bertz CT molecular complexity index is 864. The van der Waals surface area contributed by atoms with E-state index in [-0.39, 0.29) is 29.8 Å². The van der Waals surface area contributed by atoms with E-state index in [1.807, 2.05) is 6.92 Å². The summed E-state index contributed by atoms with van der Waals surface area (Å²) >= 11 is 0. The monoisotopic (exact) mass is 442 g/mol. The van der Waals surface area contributed by atoms with Crippen LogP contribution in [0.25, 0.3) is 0 Å². The maximum atomic E-state index is 13.0. The van der Waals surface area contributed by atoms with E-state index in [1.165, 1.54) is 36.7 Å². The zero-order chi connectivity index (χ0) is 22.5. The second-order valence-corrected chi connectivity index (χ2v) is 9.34. The zero-order valence-electron chi connectivity index (χ0n) is 17.8. The van der Waals surface area contributed by atoms with Crippen LogP contribution in [-0.2, 0) is 19.6 Å². The van der Waals surface area contributed by atoms with Crippen LogP contribution in [0.15, 0.2) is 23.1 Å². The first-order valence-electron chi connectivity index (χ1n) is 9.91. The zero-order valence-corrected chi connectivity index (χ0v) is 18.6. The molecule has 1 aromatic rings. The molecule has 1 aromatic carbocycles. The van der Waals surface area contributed by atoms with Crippen LogP contribution in [0.3, 0.4) is 0 Å². The third-order valence-corrected chi connectivity index (χ3v) is 7.49. The molecule has 9 nitrogen and oxygen atoms in total. The summed E-state index contributed by atoms with van der Waals surface area (Å²) in [5.74, 6) is -1.28. The summed E-state index contributed by atoms with van der Waals surface area (Å²) < 4.78 is 37.6. The van der Waals surface area contributed by atoms with Crippen molar-refractivity contribution in [2.75, 3.05) is 27.3 Å². The molecule has 10 heteroatoms. The molecule has 2 rings (SSSR count). The van der Waals surface area contributed by atoms with Gasteiger partial charge in [-0.1, -0.05) is 20.3 Å². The average Bonchev–Trinajstić information content (AvgIpc) is 2.75. The van der Waals surface area contributed by atoms with Crippen molar-refractivity contribution in [3.8, 4) is 11.5 Å². The second-order valence-electron chi connectivity index (χ2n) is 7.41. The number of benzene rings is 1. The number of methoxy groups -OCH3 is 2. The third-order valence-electron chi connectivity index (χ3n) is 5.59. The molecule has 0 unspecified atom stereocenters. The number of nitrogens with zero attached hydrogens (tertiary/aromatic N) is 1. The minimum absolute atomic E-state index is 0.0887. The Labute approximate surface area is 177 Å². The van der Waals surface area contributed by atoms with Gasteiger partial charge in [0.25, 0.3) is 0 Å². The second kappa shape index (κ2) is 10.1. The van der Waals surface area contributed by atoms with Gasteiger partial charge in [-0.25, -0.2) is 13.2 Å². The Morgan fingerprint density at radius 1 is 1.20 bits per heavy atom. The van der Waals surface area contributed by atoms with Crippen LogP contribution >= 0.6 is 0 Å². The smallest absolute Gasteiger partial charge is 0.326 e. The lowest BCUT2D eigenvalue weighted by atomic mass is 9.94. The van der Waals surface area contributed by atoms with Gasteiger partial charge in [0.15, 0.2) is 11.5 Å². The number of carboxylic acids is 1. The highest BCUT2D eigenvalue weighted by atomic mass is 32.2. The van der Waals surface area contributed by atoms with E-state index in [4.69, 9.17) is 9.47 Å². The van der Waals surface area contributed by atoms with Crippen molar-refractivity contribution >= 4 is 21.9 Å². The molecule has 0 aliphatic carbocycles. The Morgan fingerprint density at radius 2 is 1.80 bits per heavy atom. The van der Waals surface area contributed by atoms with Crippen LogP contribution in [0.5, 0.6) is 11.5 Å². The van der Waals surface area contributed by atoms with Gasteiger partial charge in [0, 0.05) is 25.1 Å². The van der Waals surface area contributed by atoms with E-state index in [0.29, 0.717) is 30.8 Å². The summed E-state index contributed by atoms with van der Waals surface area (Å²) in [5, 5.41) is 12.0. The number of sulfonamides is 1. The van der Waals surface area contributed by atoms with E-state index < -0.39 is 28.0 Å². The maximum Gasteiger partial charge on any atom is 0.326 e. The Hall–Kier alpha value is -2.33. The normalized spacial score (nSPS) is 17.7. The molecule has 1 heterocycles. The number of piperidine rings is 1. The number of hydrogen-bond acceptors (Lipinski definition) is 6. The molecule has 1 saturated heterocycles. The molecular formula is C20H30N2O7S. The number of ether oxygens (including phenoxy) is 2. The molecular weight excluding hydrogens is 412 g/mol. The first-order chi connectivity index (χ1) is 14.1. The highest BCUT2D eigenvalue weighted by molar-refractivity contribution is 7.89. The van der Waals surface area contributed by atoms with Crippen LogP contribution in [0, 0.1) is 11.8 Å². The molecule has 2 atom stereocenters. The van der Waals surface area contributed by atoms with Gasteiger partial charge in [-0.05, 0) is 30.9 Å². The number of carbonyl (C=O) groups is 2. The average molecular weight is 443 g/mol. The summed E-state index contributed by atoms with van der Waals surface area (Å²) in [6.07, 6.45) is 1.27. The molecule has 1 aliphatic rings. The van der Waals surface area contributed by atoms with Crippen molar-refractivity contribution in [2.45, 2.75) is 44.0 Å². The van der Waals surface area contributed by atoms with Gasteiger partial charge in [0.2, 0.25) is 15.9 Å². The molecule has 1 aliphatic heterocycles. The lowest BCUT2D eigenvalue weighted by Crippen LogP contribution is -2.49. The summed E-state index contributed by atoms with van der Waals surface area (Å²) in [5.41, 5.74) is 0. The molecule has 0 aromatic heterocycles. The molecule has 0 saturated carbocycles. The van der Waals surface area contributed by atoms with Crippen LogP contribution in [0.1, 0.15) is 33.1 Å². The quantitative estimate of drug-likeness (QED) is 0.597. The van der Waals surface area contributed by atoms with Crippen LogP contribution < -0.4 is 14.8 Å². The van der Waals surface area contributed by atoms with Gasteiger partial charge in [-0.2, -0.15) is 4.31 Å². The van der Waals surface area contributed by atoms with Crippen molar-refractivity contribution in [3.63, 3.8) is 0 Å². The van der Waals surface area contributed by atoms with Crippen molar-refractivity contribution in [3.05, 3.63) is 18.2 Å². The molecule has 1 amide bonds. The molecule has 168 valence electrons. The number of amides is 1. The number of aliphatic carboxylic acids is 1. The van der Waals surface area contributed by atoms with Gasteiger partial charge < -0.3 is 19.9 Å². The minimum Gasteiger partial charge on any atom is -0.493 e. The van der Waals surface area contributed by atoms with E-state index >= 15 is 0 Å². The summed E-state index contributed by atoms with van der Waals surface area (Å²) in [6, 6.07) is 3.46. The summed E-state index contributed by atoms with van der Waals surface area (Å²) in [6.45, 7) is 3.99. The van der Waals surface area contributed by atoms with Crippen LogP contribution in [0.2, 0.25) is 0 Å². The van der Waals surface area contributed by atoms with E-state index in [2.05, 4.69) is 5.32 Å². The van der Waals surface area contributed by atoms with Crippen molar-refractivity contribution in [2.24, 2.45) is 11.8 Å². The highest BCUT2D eigenvalue weighted by Gasteiger charge is 2.34. The third kappa shape index (κ3) is 5.23. The number of rotatable bonds is 9. The predicted octanol–water partition coefficient (Wildman–Crippen LogP) is 1.72. The Kier molecular flexibility index (Phi) is 8.08. The van der Waals surface area contributed by atoms with Crippen LogP contribution in [-0.4, -0.2) is 63.1 Å². The SMILES string of the molecule is CC[C@@H](C)[C@H](NC(=O)C1CCN(S(=O)(=O)c2ccc(OC)c(OC)c2)CC1)C(=O)O. The van der Waals surface area contributed by atoms with Gasteiger partial charge >= 0.3 is 5.97 Å². The molecule has 30 heavy (non-hydrogen) atoms. The molecule has 0 bridgehead atoms. The summed E-state index contributed by atoms with van der Waals surface area (Å²) in [4.78, 5) is 24.1. The Morgan fingerprint density at radius 3 is 2.30 bits per heavy atom. The van der Waals surface area contributed by atoms with Crippen molar-refractivity contribution in [1.29, 1.82) is 0 Å². The van der Waals surface area contributed by atoms with Crippen molar-refractivity contribution in [1.82, 2.24) is 9.62 Å². The van der Waals surface area contributed by atoms with E-state index in [0.717, 1.165) is 0 Å². The number of hydrogen-bond donors (Lipinski definition) is 2. The van der Waals surface area contributed by atoms with Gasteiger partial charge in [-0.15, -0.1) is 0 Å². The molecule has 2 N–H and O–H groups in total. The first kappa shape index (κ1) is 23.9. The summed E-state index contributed by atoms with van der Waals surface area (Å²) in [7, 11) is -0.848. The number of nitrogens with one attached hydrogen (secondary N) is 1. The molecule has 0 radical (unpaired) electrons. The number of carbonyl (C=O) groups excluding carboxylic acids is 1. The topological polar surface area (TPSA) is 122 Å².